The monoisotopic (exact) mass is 274 g/mol. The van der Waals surface area contributed by atoms with E-state index >= 15 is 0 Å². The summed E-state index contributed by atoms with van der Waals surface area (Å²) in [5.74, 6) is -0.775. The Morgan fingerprint density at radius 3 is 3.16 bits per heavy atom. The van der Waals surface area contributed by atoms with E-state index in [2.05, 4.69) is 4.98 Å². The van der Waals surface area contributed by atoms with Crippen molar-refractivity contribution in [3.8, 4) is 0 Å². The maximum atomic E-state index is 11.6. The van der Waals surface area contributed by atoms with E-state index in [1.807, 2.05) is 28.5 Å². The molecule has 0 saturated carbocycles. The zero-order chi connectivity index (χ0) is 13.2. The third kappa shape index (κ3) is 2.39. The fourth-order valence-corrected chi connectivity index (χ4v) is 3.46. The van der Waals surface area contributed by atoms with Gasteiger partial charge in [0.15, 0.2) is 0 Å². The Labute approximate surface area is 115 Å². The molecule has 0 spiro atoms. The van der Waals surface area contributed by atoms with Crippen LogP contribution in [0.4, 0.5) is 0 Å². The van der Waals surface area contributed by atoms with Crippen molar-refractivity contribution in [3.63, 3.8) is 0 Å². The van der Waals surface area contributed by atoms with Gasteiger partial charge >= 0.3 is 5.97 Å². The van der Waals surface area contributed by atoms with E-state index in [1.54, 1.807) is 23.7 Å². The Morgan fingerprint density at radius 2 is 2.42 bits per heavy atom. The number of hydrogen-bond acceptors (Lipinski definition) is 4. The van der Waals surface area contributed by atoms with Crippen LogP contribution in [-0.4, -0.2) is 27.5 Å². The molecule has 5 heteroatoms. The van der Waals surface area contributed by atoms with Gasteiger partial charge in [-0.15, -0.1) is 11.3 Å². The number of carbonyl (C=O) groups is 1. The van der Waals surface area contributed by atoms with Gasteiger partial charge in [0.25, 0.3) is 0 Å². The van der Waals surface area contributed by atoms with E-state index in [0.717, 1.165) is 24.1 Å². The van der Waals surface area contributed by atoms with Gasteiger partial charge in [0.1, 0.15) is 6.04 Å². The number of carboxylic acid groups (broad SMARTS) is 1. The molecule has 4 nitrogen and oxygen atoms in total. The third-order valence-corrected chi connectivity index (χ3v) is 4.40. The standard InChI is InChI=1S/C14H14N2O2S/c17-14(18)13-11-4-7-19-12(11)3-6-16(13)9-10-2-1-5-15-8-10/h1-2,4-5,7-8,13H,3,6,9H2,(H,17,18). The summed E-state index contributed by atoms with van der Waals surface area (Å²) in [7, 11) is 0. The molecule has 19 heavy (non-hydrogen) atoms. The summed E-state index contributed by atoms with van der Waals surface area (Å²) in [5.41, 5.74) is 2.00. The second kappa shape index (κ2) is 5.11. The van der Waals surface area contributed by atoms with Gasteiger partial charge in [-0.3, -0.25) is 14.7 Å². The molecule has 0 saturated heterocycles. The van der Waals surface area contributed by atoms with Gasteiger partial charge in [-0.25, -0.2) is 0 Å². The van der Waals surface area contributed by atoms with Gasteiger partial charge in [0, 0.05) is 30.4 Å². The first-order chi connectivity index (χ1) is 9.25. The van der Waals surface area contributed by atoms with E-state index in [9.17, 15) is 9.90 Å². The lowest BCUT2D eigenvalue weighted by molar-refractivity contribution is -0.144. The summed E-state index contributed by atoms with van der Waals surface area (Å²) >= 11 is 1.65. The Morgan fingerprint density at radius 1 is 1.53 bits per heavy atom. The quantitative estimate of drug-likeness (QED) is 0.933. The minimum absolute atomic E-state index is 0.532. The number of rotatable bonds is 3. The summed E-state index contributed by atoms with van der Waals surface area (Å²) in [6.07, 6.45) is 4.45. The van der Waals surface area contributed by atoms with Crippen molar-refractivity contribution >= 4 is 17.3 Å². The Hall–Kier alpha value is -1.72. The highest BCUT2D eigenvalue weighted by Gasteiger charge is 2.33. The highest BCUT2D eigenvalue weighted by molar-refractivity contribution is 7.10. The lowest BCUT2D eigenvalue weighted by Gasteiger charge is -2.33. The van der Waals surface area contributed by atoms with E-state index in [1.165, 1.54) is 4.88 Å². The molecular weight excluding hydrogens is 260 g/mol. The average molecular weight is 274 g/mol. The number of thiophene rings is 1. The molecule has 2 aromatic heterocycles. The fraction of sp³-hybridized carbons (Fsp3) is 0.286. The first kappa shape index (κ1) is 12.3. The van der Waals surface area contributed by atoms with Crippen LogP contribution in [0.15, 0.2) is 36.0 Å². The van der Waals surface area contributed by atoms with Gasteiger partial charge in [0.2, 0.25) is 0 Å². The maximum Gasteiger partial charge on any atom is 0.325 e. The highest BCUT2D eigenvalue weighted by Crippen LogP contribution is 2.34. The van der Waals surface area contributed by atoms with Crippen LogP contribution in [0.1, 0.15) is 22.0 Å². The Kier molecular flexibility index (Phi) is 3.31. The van der Waals surface area contributed by atoms with Crippen LogP contribution in [0.25, 0.3) is 0 Å². The van der Waals surface area contributed by atoms with Gasteiger partial charge in [-0.2, -0.15) is 0 Å². The molecule has 1 N–H and O–H groups in total. The van der Waals surface area contributed by atoms with E-state index < -0.39 is 12.0 Å². The van der Waals surface area contributed by atoms with Gasteiger partial charge in [-0.05, 0) is 35.1 Å². The number of hydrogen-bond donors (Lipinski definition) is 1. The van der Waals surface area contributed by atoms with E-state index in [0.29, 0.717) is 6.54 Å². The number of carboxylic acids is 1. The highest BCUT2D eigenvalue weighted by atomic mass is 32.1. The van der Waals surface area contributed by atoms with E-state index in [-0.39, 0.29) is 0 Å². The van der Waals surface area contributed by atoms with Crippen LogP contribution in [0.5, 0.6) is 0 Å². The first-order valence-electron chi connectivity index (χ1n) is 6.18. The summed E-state index contributed by atoms with van der Waals surface area (Å²) in [6.45, 7) is 1.40. The van der Waals surface area contributed by atoms with Crippen molar-refractivity contribution in [1.82, 2.24) is 9.88 Å². The number of aliphatic carboxylic acids is 1. The van der Waals surface area contributed by atoms with Crippen molar-refractivity contribution in [2.24, 2.45) is 0 Å². The van der Waals surface area contributed by atoms with Crippen LogP contribution >= 0.6 is 11.3 Å². The van der Waals surface area contributed by atoms with Crippen LogP contribution in [0.2, 0.25) is 0 Å². The van der Waals surface area contributed by atoms with Crippen LogP contribution in [0, 0.1) is 0 Å². The zero-order valence-electron chi connectivity index (χ0n) is 10.3. The molecule has 0 radical (unpaired) electrons. The number of aromatic nitrogens is 1. The minimum Gasteiger partial charge on any atom is -0.480 e. The minimum atomic E-state index is -0.775. The fourth-order valence-electron chi connectivity index (χ4n) is 2.55. The molecule has 3 heterocycles. The van der Waals surface area contributed by atoms with Gasteiger partial charge in [-0.1, -0.05) is 6.07 Å². The van der Waals surface area contributed by atoms with Crippen LogP contribution in [0.3, 0.4) is 0 Å². The molecule has 2 aromatic rings. The Balaban J connectivity index is 1.88. The smallest absolute Gasteiger partial charge is 0.325 e. The normalized spacial score (nSPS) is 19.1. The summed E-state index contributed by atoms with van der Waals surface area (Å²) in [5, 5.41) is 11.5. The molecule has 1 aliphatic heterocycles. The molecule has 0 bridgehead atoms. The van der Waals surface area contributed by atoms with Crippen LogP contribution in [-0.2, 0) is 17.8 Å². The van der Waals surface area contributed by atoms with Crippen molar-refractivity contribution in [2.75, 3.05) is 6.54 Å². The molecule has 98 valence electrons. The molecule has 0 fully saturated rings. The summed E-state index contributed by atoms with van der Waals surface area (Å²) in [4.78, 5) is 18.9. The number of fused-ring (bicyclic) bond motifs is 1. The first-order valence-corrected chi connectivity index (χ1v) is 7.05. The van der Waals surface area contributed by atoms with Crippen molar-refractivity contribution in [3.05, 3.63) is 52.0 Å². The zero-order valence-corrected chi connectivity index (χ0v) is 11.1. The predicted molar refractivity (Wildman–Crippen MR) is 73.0 cm³/mol. The topological polar surface area (TPSA) is 53.4 Å². The second-order valence-electron chi connectivity index (χ2n) is 4.62. The molecule has 0 aliphatic carbocycles. The molecule has 1 aliphatic rings. The SMILES string of the molecule is O=C(O)C1c2ccsc2CCN1Cc1cccnc1. The molecule has 0 aromatic carbocycles. The molecule has 3 rings (SSSR count). The van der Waals surface area contributed by atoms with Gasteiger partial charge < -0.3 is 5.11 Å². The molecule has 1 atom stereocenters. The molecular formula is C14H14N2O2S. The largest absolute Gasteiger partial charge is 0.480 e. The third-order valence-electron chi connectivity index (χ3n) is 3.41. The lowest BCUT2D eigenvalue weighted by Crippen LogP contribution is -2.38. The van der Waals surface area contributed by atoms with Crippen molar-refractivity contribution in [1.29, 1.82) is 0 Å². The van der Waals surface area contributed by atoms with Crippen molar-refractivity contribution < 1.29 is 9.90 Å². The number of pyridine rings is 1. The summed E-state index contributed by atoms with van der Waals surface area (Å²) < 4.78 is 0. The molecule has 0 amide bonds. The Bertz CT molecular complexity index is 582. The van der Waals surface area contributed by atoms with Crippen LogP contribution < -0.4 is 0 Å². The number of nitrogens with zero attached hydrogens (tertiary/aromatic N) is 2. The van der Waals surface area contributed by atoms with E-state index in [4.69, 9.17) is 0 Å². The van der Waals surface area contributed by atoms with Crippen molar-refractivity contribution in [2.45, 2.75) is 19.0 Å². The maximum absolute atomic E-state index is 11.6. The van der Waals surface area contributed by atoms with Gasteiger partial charge in [0.05, 0.1) is 0 Å². The predicted octanol–water partition coefficient (Wildman–Crippen LogP) is 2.33. The summed E-state index contributed by atoms with van der Waals surface area (Å²) in [6, 6.07) is 5.27. The molecule has 1 unspecified atom stereocenters. The second-order valence-corrected chi connectivity index (χ2v) is 5.62. The lowest BCUT2D eigenvalue weighted by atomic mass is 9.99. The average Bonchev–Trinajstić information content (AvgIpc) is 2.87.